The highest BCUT2D eigenvalue weighted by atomic mass is 32.1. The number of hydrogen-bond donors (Lipinski definition) is 1. The summed E-state index contributed by atoms with van der Waals surface area (Å²) in [6.45, 7) is 5.60. The summed E-state index contributed by atoms with van der Waals surface area (Å²) in [5.74, 6) is 0.698. The third kappa shape index (κ3) is 3.73. The Bertz CT molecular complexity index is 414. The number of hydrogen-bond acceptors (Lipinski definition) is 3. The molecule has 4 heteroatoms. The third-order valence-electron chi connectivity index (χ3n) is 3.02. The Morgan fingerprint density at radius 2 is 2.06 bits per heavy atom. The van der Waals surface area contributed by atoms with Gasteiger partial charge in [0.25, 0.3) is 0 Å². The molecular formula is C14H21NO2S. The molecule has 1 saturated carbocycles. The van der Waals surface area contributed by atoms with Gasteiger partial charge in [-0.15, -0.1) is 11.3 Å². The van der Waals surface area contributed by atoms with Crippen molar-refractivity contribution in [3.8, 4) is 0 Å². The van der Waals surface area contributed by atoms with Crippen LogP contribution in [0.2, 0.25) is 0 Å². The number of anilines is 1. The second kappa shape index (κ2) is 5.31. The average molecular weight is 267 g/mol. The fourth-order valence-corrected chi connectivity index (χ4v) is 3.28. The van der Waals surface area contributed by atoms with E-state index in [-0.39, 0.29) is 6.09 Å². The van der Waals surface area contributed by atoms with Gasteiger partial charge in [-0.25, -0.2) is 4.79 Å². The van der Waals surface area contributed by atoms with Gasteiger partial charge in [-0.2, -0.15) is 0 Å². The van der Waals surface area contributed by atoms with E-state index in [1.54, 1.807) is 11.3 Å². The zero-order valence-corrected chi connectivity index (χ0v) is 12.1. The van der Waals surface area contributed by atoms with Crippen molar-refractivity contribution in [2.24, 2.45) is 0 Å². The van der Waals surface area contributed by atoms with Gasteiger partial charge in [0, 0.05) is 10.3 Å². The topological polar surface area (TPSA) is 38.3 Å². The molecule has 0 aromatic carbocycles. The van der Waals surface area contributed by atoms with Crippen LogP contribution in [0.1, 0.15) is 57.2 Å². The Kier molecular flexibility index (Phi) is 3.95. The number of thiophene rings is 1. The predicted octanol–water partition coefficient (Wildman–Crippen LogP) is 4.75. The smallest absolute Gasteiger partial charge is 0.412 e. The summed E-state index contributed by atoms with van der Waals surface area (Å²) in [6.07, 6.45) is 4.85. The second-order valence-corrected chi connectivity index (χ2v) is 6.79. The lowest BCUT2D eigenvalue weighted by molar-refractivity contribution is 0.0636. The number of ether oxygens (including phenoxy) is 1. The molecule has 1 aromatic rings. The standard InChI is InChI=1S/C14H21NO2S/c1-14(2,3)17-13(16)15-11-8-12(18-9-11)10-6-4-5-7-10/h8-10H,4-7H2,1-3H3,(H,15,16). The quantitative estimate of drug-likeness (QED) is 0.839. The van der Waals surface area contributed by atoms with Crippen molar-refractivity contribution in [3.05, 3.63) is 16.3 Å². The number of nitrogens with one attached hydrogen (secondary N) is 1. The molecular weight excluding hydrogens is 246 g/mol. The molecule has 3 nitrogen and oxygen atoms in total. The molecule has 0 spiro atoms. The van der Waals surface area contributed by atoms with E-state index in [9.17, 15) is 4.79 Å². The van der Waals surface area contributed by atoms with Crippen LogP contribution in [0.25, 0.3) is 0 Å². The van der Waals surface area contributed by atoms with Crippen molar-refractivity contribution >= 4 is 23.1 Å². The Morgan fingerprint density at radius 3 is 2.67 bits per heavy atom. The Balaban J connectivity index is 1.92. The maximum absolute atomic E-state index is 11.6. The van der Waals surface area contributed by atoms with Crippen molar-refractivity contribution in [1.29, 1.82) is 0 Å². The van der Waals surface area contributed by atoms with Crippen LogP contribution < -0.4 is 5.32 Å². The highest BCUT2D eigenvalue weighted by Crippen LogP contribution is 2.38. The lowest BCUT2D eigenvalue weighted by Crippen LogP contribution is -2.27. The monoisotopic (exact) mass is 267 g/mol. The van der Waals surface area contributed by atoms with E-state index < -0.39 is 5.60 Å². The summed E-state index contributed by atoms with van der Waals surface area (Å²) in [5.41, 5.74) is 0.408. The average Bonchev–Trinajstić information content (AvgIpc) is 2.82. The van der Waals surface area contributed by atoms with E-state index in [0.717, 1.165) is 5.69 Å². The first-order chi connectivity index (χ1) is 8.44. The molecule has 0 radical (unpaired) electrons. The summed E-state index contributed by atoms with van der Waals surface area (Å²) in [7, 11) is 0. The summed E-state index contributed by atoms with van der Waals surface area (Å²) >= 11 is 1.74. The Morgan fingerprint density at radius 1 is 1.39 bits per heavy atom. The number of amides is 1. The second-order valence-electron chi connectivity index (χ2n) is 5.85. The fourth-order valence-electron chi connectivity index (χ4n) is 2.26. The van der Waals surface area contributed by atoms with Gasteiger partial charge in [0.15, 0.2) is 0 Å². The first-order valence-corrected chi connectivity index (χ1v) is 7.40. The van der Waals surface area contributed by atoms with Crippen LogP contribution in [-0.4, -0.2) is 11.7 Å². The van der Waals surface area contributed by atoms with Crippen molar-refractivity contribution in [1.82, 2.24) is 0 Å². The lowest BCUT2D eigenvalue weighted by Gasteiger charge is -2.19. The van der Waals surface area contributed by atoms with E-state index in [2.05, 4.69) is 11.4 Å². The summed E-state index contributed by atoms with van der Waals surface area (Å²) in [5, 5.41) is 4.79. The lowest BCUT2D eigenvalue weighted by atomic mass is 10.1. The minimum absolute atomic E-state index is 0.377. The van der Waals surface area contributed by atoms with Crippen LogP contribution in [0.4, 0.5) is 10.5 Å². The minimum atomic E-state index is -0.450. The molecule has 18 heavy (non-hydrogen) atoms. The maximum Gasteiger partial charge on any atom is 0.412 e. The molecule has 1 heterocycles. The van der Waals surface area contributed by atoms with Crippen LogP contribution in [0.3, 0.4) is 0 Å². The molecule has 0 unspecified atom stereocenters. The Labute approximate surface area is 113 Å². The van der Waals surface area contributed by atoms with Crippen LogP contribution in [0.5, 0.6) is 0 Å². The van der Waals surface area contributed by atoms with Crippen LogP contribution in [-0.2, 0) is 4.74 Å². The van der Waals surface area contributed by atoms with E-state index in [1.165, 1.54) is 30.6 Å². The van der Waals surface area contributed by atoms with E-state index in [1.807, 2.05) is 26.2 Å². The van der Waals surface area contributed by atoms with Gasteiger partial charge in [0.1, 0.15) is 5.60 Å². The first kappa shape index (κ1) is 13.4. The van der Waals surface area contributed by atoms with Crippen LogP contribution >= 0.6 is 11.3 Å². The van der Waals surface area contributed by atoms with Gasteiger partial charge in [-0.05, 0) is 45.6 Å². The molecule has 1 aliphatic carbocycles. The zero-order chi connectivity index (χ0) is 13.2. The highest BCUT2D eigenvalue weighted by molar-refractivity contribution is 7.10. The molecule has 0 bridgehead atoms. The normalized spacial score (nSPS) is 16.8. The SMILES string of the molecule is CC(C)(C)OC(=O)Nc1csc(C2CCCC2)c1. The molecule has 1 N–H and O–H groups in total. The molecule has 0 saturated heterocycles. The van der Waals surface area contributed by atoms with Crippen LogP contribution in [0.15, 0.2) is 11.4 Å². The molecule has 1 fully saturated rings. The van der Waals surface area contributed by atoms with Crippen molar-refractivity contribution in [2.75, 3.05) is 5.32 Å². The zero-order valence-electron chi connectivity index (χ0n) is 11.3. The number of carbonyl (C=O) groups excluding carboxylic acids is 1. The largest absolute Gasteiger partial charge is 0.444 e. The van der Waals surface area contributed by atoms with Gasteiger partial charge >= 0.3 is 6.09 Å². The van der Waals surface area contributed by atoms with Crippen molar-refractivity contribution in [3.63, 3.8) is 0 Å². The number of carbonyl (C=O) groups is 1. The fraction of sp³-hybridized carbons (Fsp3) is 0.643. The summed E-state index contributed by atoms with van der Waals surface area (Å²) < 4.78 is 5.23. The first-order valence-electron chi connectivity index (χ1n) is 6.52. The third-order valence-corrected chi connectivity index (χ3v) is 4.12. The van der Waals surface area contributed by atoms with E-state index >= 15 is 0 Å². The predicted molar refractivity (Wildman–Crippen MR) is 75.4 cm³/mol. The summed E-state index contributed by atoms with van der Waals surface area (Å²) in [4.78, 5) is 13.0. The van der Waals surface area contributed by atoms with Gasteiger partial charge in [-0.1, -0.05) is 12.8 Å². The minimum Gasteiger partial charge on any atom is -0.444 e. The maximum atomic E-state index is 11.6. The number of rotatable bonds is 2. The van der Waals surface area contributed by atoms with E-state index in [4.69, 9.17) is 4.74 Å². The van der Waals surface area contributed by atoms with Gasteiger partial charge < -0.3 is 4.74 Å². The molecule has 1 aromatic heterocycles. The Hall–Kier alpha value is -1.03. The highest BCUT2D eigenvalue weighted by Gasteiger charge is 2.20. The summed E-state index contributed by atoms with van der Waals surface area (Å²) in [6, 6.07) is 2.09. The van der Waals surface area contributed by atoms with Crippen molar-refractivity contribution in [2.45, 2.75) is 58.0 Å². The van der Waals surface area contributed by atoms with Gasteiger partial charge in [-0.3, -0.25) is 5.32 Å². The molecule has 0 aliphatic heterocycles. The molecule has 1 amide bonds. The van der Waals surface area contributed by atoms with Crippen molar-refractivity contribution < 1.29 is 9.53 Å². The molecule has 0 atom stereocenters. The molecule has 1 aliphatic rings. The van der Waals surface area contributed by atoms with Gasteiger partial charge in [0.05, 0.1) is 5.69 Å². The van der Waals surface area contributed by atoms with E-state index in [0.29, 0.717) is 5.92 Å². The van der Waals surface area contributed by atoms with Gasteiger partial charge in [0.2, 0.25) is 0 Å². The molecule has 2 rings (SSSR count). The van der Waals surface area contributed by atoms with Crippen LogP contribution in [0, 0.1) is 0 Å². The molecule has 100 valence electrons.